The summed E-state index contributed by atoms with van der Waals surface area (Å²) in [7, 11) is -3.41. The van der Waals surface area contributed by atoms with Crippen LogP contribution in [0.2, 0.25) is 0 Å². The highest BCUT2D eigenvalue weighted by Crippen LogP contribution is 2.24. The number of thioether (sulfide) groups is 1. The van der Waals surface area contributed by atoms with Crippen LogP contribution in [-0.2, 0) is 14.8 Å². The van der Waals surface area contributed by atoms with Crippen LogP contribution in [-0.4, -0.2) is 49.8 Å². The van der Waals surface area contributed by atoms with E-state index in [4.69, 9.17) is 5.73 Å². The molecule has 0 spiro atoms. The van der Waals surface area contributed by atoms with E-state index in [0.29, 0.717) is 31.0 Å². The van der Waals surface area contributed by atoms with E-state index >= 15 is 0 Å². The molecule has 1 heterocycles. The molecule has 1 aromatic carbocycles. The van der Waals surface area contributed by atoms with Gasteiger partial charge >= 0.3 is 0 Å². The number of carbonyl (C=O) groups is 1. The fraction of sp³-hybridized carbons (Fsp3) is 0.462. The average molecular weight is 329 g/mol. The first-order valence-electron chi connectivity index (χ1n) is 6.71. The average Bonchev–Trinajstić information content (AvgIpc) is 2.66. The molecule has 21 heavy (non-hydrogen) atoms. The molecule has 1 aliphatic rings. The fourth-order valence-corrected chi connectivity index (χ4v) is 4.80. The molecular formula is C13H19N3O3S2. The van der Waals surface area contributed by atoms with Crippen LogP contribution < -0.4 is 11.1 Å². The summed E-state index contributed by atoms with van der Waals surface area (Å²) >= 11 is 1.41. The molecule has 2 rings (SSSR count). The van der Waals surface area contributed by atoms with Gasteiger partial charge in [-0.25, -0.2) is 8.42 Å². The lowest BCUT2D eigenvalue weighted by Crippen LogP contribution is -2.39. The predicted molar refractivity (Wildman–Crippen MR) is 84.6 cm³/mol. The van der Waals surface area contributed by atoms with Gasteiger partial charge in [0.25, 0.3) is 0 Å². The number of benzene rings is 1. The summed E-state index contributed by atoms with van der Waals surface area (Å²) in [6.45, 7) is 0.833. The van der Waals surface area contributed by atoms with Crippen molar-refractivity contribution in [1.29, 1.82) is 0 Å². The maximum Gasteiger partial charge on any atom is 0.235 e. The Bertz CT molecular complexity index is 604. The van der Waals surface area contributed by atoms with Crippen molar-refractivity contribution in [1.82, 2.24) is 9.62 Å². The van der Waals surface area contributed by atoms with Gasteiger partial charge in [-0.1, -0.05) is 12.1 Å². The smallest absolute Gasteiger partial charge is 0.235 e. The Hall–Kier alpha value is -1.25. The summed E-state index contributed by atoms with van der Waals surface area (Å²) in [5, 5.41) is 2.67. The molecule has 1 aliphatic heterocycles. The number of nitrogen functional groups attached to an aromatic ring is 1. The second-order valence-electron chi connectivity index (χ2n) is 4.74. The zero-order valence-electron chi connectivity index (χ0n) is 11.6. The van der Waals surface area contributed by atoms with Crippen molar-refractivity contribution < 1.29 is 13.2 Å². The lowest BCUT2D eigenvalue weighted by molar-refractivity contribution is -0.120. The van der Waals surface area contributed by atoms with Gasteiger partial charge < -0.3 is 11.1 Å². The number of anilines is 1. The lowest BCUT2D eigenvalue weighted by Gasteiger charge is -2.18. The molecule has 0 aromatic heterocycles. The summed E-state index contributed by atoms with van der Waals surface area (Å²) in [5.74, 6) is 0.171. The molecule has 116 valence electrons. The molecule has 1 aromatic rings. The number of nitrogens with two attached hydrogens (primary N) is 1. The summed E-state index contributed by atoms with van der Waals surface area (Å²) in [6.07, 6.45) is 0.643. The molecule has 0 atom stereocenters. The molecular weight excluding hydrogens is 310 g/mol. The first-order chi connectivity index (χ1) is 9.99. The molecule has 1 saturated heterocycles. The van der Waals surface area contributed by atoms with Gasteiger partial charge in [0, 0.05) is 29.4 Å². The Morgan fingerprint density at radius 1 is 1.33 bits per heavy atom. The molecule has 0 bridgehead atoms. The molecule has 0 radical (unpaired) electrons. The predicted octanol–water partition coefficient (Wildman–Crippen LogP) is 0.513. The monoisotopic (exact) mass is 329 g/mol. The molecule has 1 fully saturated rings. The van der Waals surface area contributed by atoms with Crippen LogP contribution in [0, 0.1) is 0 Å². The van der Waals surface area contributed by atoms with Gasteiger partial charge in [-0.15, -0.1) is 11.8 Å². The number of amides is 1. The zero-order chi connectivity index (χ0) is 15.3. The molecule has 8 heteroatoms. The minimum absolute atomic E-state index is 0.000713. The van der Waals surface area contributed by atoms with E-state index < -0.39 is 10.0 Å². The van der Waals surface area contributed by atoms with Crippen LogP contribution in [0.4, 0.5) is 5.69 Å². The molecule has 0 unspecified atom stereocenters. The lowest BCUT2D eigenvalue weighted by atomic mass is 10.3. The van der Waals surface area contributed by atoms with Crippen molar-refractivity contribution in [2.24, 2.45) is 0 Å². The highest BCUT2D eigenvalue weighted by molar-refractivity contribution is 8.00. The quantitative estimate of drug-likeness (QED) is 0.607. The van der Waals surface area contributed by atoms with Gasteiger partial charge in [-0.3, -0.25) is 4.79 Å². The van der Waals surface area contributed by atoms with Crippen molar-refractivity contribution in [3.8, 4) is 0 Å². The summed E-state index contributed by atoms with van der Waals surface area (Å²) in [5.41, 5.74) is 6.47. The van der Waals surface area contributed by atoms with E-state index in [-0.39, 0.29) is 18.2 Å². The molecule has 6 nitrogen and oxygen atoms in total. The molecule has 0 saturated carbocycles. The van der Waals surface area contributed by atoms with E-state index in [2.05, 4.69) is 5.32 Å². The first-order valence-corrected chi connectivity index (χ1v) is 9.30. The Morgan fingerprint density at radius 2 is 2.10 bits per heavy atom. The summed E-state index contributed by atoms with van der Waals surface area (Å²) in [4.78, 5) is 12.3. The van der Waals surface area contributed by atoms with Crippen molar-refractivity contribution in [2.75, 3.05) is 36.9 Å². The second kappa shape index (κ2) is 7.15. The third kappa shape index (κ3) is 4.62. The number of nitrogens with zero attached hydrogens (tertiary/aromatic N) is 1. The summed E-state index contributed by atoms with van der Waals surface area (Å²) < 4.78 is 25.8. The minimum atomic E-state index is -3.41. The Labute approximate surface area is 129 Å². The van der Waals surface area contributed by atoms with Crippen molar-refractivity contribution in [3.63, 3.8) is 0 Å². The molecule has 1 amide bonds. The van der Waals surface area contributed by atoms with Crippen LogP contribution in [0.25, 0.3) is 0 Å². The third-order valence-electron chi connectivity index (χ3n) is 3.14. The maximum absolute atomic E-state index is 12.3. The fourth-order valence-electron chi connectivity index (χ4n) is 2.01. The van der Waals surface area contributed by atoms with Gasteiger partial charge in [-0.2, -0.15) is 4.31 Å². The number of para-hydroxylation sites is 1. The number of hydrogen-bond acceptors (Lipinski definition) is 5. The maximum atomic E-state index is 12.3. The Kier molecular flexibility index (Phi) is 5.49. The Morgan fingerprint density at radius 3 is 2.86 bits per heavy atom. The normalized spacial score (nSPS) is 17.2. The standard InChI is InChI=1S/C13H19N3O3S2/c14-11-4-1-2-5-12(11)20-8-9-21(18,19)16-7-3-6-15-13(17)10-16/h1-2,4-5H,3,6-10,14H2,(H,15,17). The number of rotatable bonds is 5. The summed E-state index contributed by atoms with van der Waals surface area (Å²) in [6, 6.07) is 7.36. The minimum Gasteiger partial charge on any atom is -0.398 e. The number of sulfonamides is 1. The Balaban J connectivity index is 1.92. The number of nitrogens with one attached hydrogen (secondary N) is 1. The van der Waals surface area contributed by atoms with Gasteiger partial charge in [0.05, 0.1) is 12.3 Å². The second-order valence-corrected chi connectivity index (χ2v) is 7.96. The molecule has 3 N–H and O–H groups in total. The third-order valence-corrected chi connectivity index (χ3v) is 6.31. The molecule has 0 aliphatic carbocycles. The topological polar surface area (TPSA) is 92.5 Å². The van der Waals surface area contributed by atoms with Crippen molar-refractivity contribution >= 4 is 33.4 Å². The van der Waals surface area contributed by atoms with E-state index in [1.54, 1.807) is 6.07 Å². The van der Waals surface area contributed by atoms with Crippen LogP contribution in [0.1, 0.15) is 6.42 Å². The largest absolute Gasteiger partial charge is 0.398 e. The van der Waals surface area contributed by atoms with Crippen LogP contribution >= 0.6 is 11.8 Å². The van der Waals surface area contributed by atoms with E-state index in [9.17, 15) is 13.2 Å². The highest BCUT2D eigenvalue weighted by atomic mass is 32.2. The van der Waals surface area contributed by atoms with Gasteiger partial charge in [0.1, 0.15) is 0 Å². The zero-order valence-corrected chi connectivity index (χ0v) is 13.3. The van der Waals surface area contributed by atoms with Gasteiger partial charge in [0.2, 0.25) is 15.9 Å². The van der Waals surface area contributed by atoms with Crippen molar-refractivity contribution in [2.45, 2.75) is 11.3 Å². The SMILES string of the molecule is Nc1ccccc1SCCS(=O)(=O)N1CCCNC(=O)C1. The van der Waals surface area contributed by atoms with Crippen LogP contribution in [0.3, 0.4) is 0 Å². The van der Waals surface area contributed by atoms with Gasteiger partial charge in [0.15, 0.2) is 0 Å². The number of hydrogen-bond donors (Lipinski definition) is 2. The van der Waals surface area contributed by atoms with Crippen LogP contribution in [0.5, 0.6) is 0 Å². The number of carbonyl (C=O) groups excluding carboxylic acids is 1. The highest BCUT2D eigenvalue weighted by Gasteiger charge is 2.25. The first kappa shape index (κ1) is 16.1. The van der Waals surface area contributed by atoms with Crippen molar-refractivity contribution in [3.05, 3.63) is 24.3 Å². The van der Waals surface area contributed by atoms with E-state index in [1.165, 1.54) is 16.1 Å². The van der Waals surface area contributed by atoms with E-state index in [1.807, 2.05) is 18.2 Å². The van der Waals surface area contributed by atoms with Crippen LogP contribution in [0.15, 0.2) is 29.2 Å². The van der Waals surface area contributed by atoms with E-state index in [0.717, 1.165) is 4.90 Å². The van der Waals surface area contributed by atoms with Gasteiger partial charge in [-0.05, 0) is 18.6 Å².